The van der Waals surface area contributed by atoms with Gasteiger partial charge in [-0.05, 0) is 53.4 Å². The van der Waals surface area contributed by atoms with E-state index >= 15 is 0 Å². The molecule has 0 aliphatic rings. The molecule has 2 rings (SSSR count). The summed E-state index contributed by atoms with van der Waals surface area (Å²) in [6, 6.07) is 16.2. The zero-order chi connectivity index (χ0) is 15.2. The van der Waals surface area contributed by atoms with Crippen molar-refractivity contribution in [3.8, 4) is 0 Å². The molecule has 2 aromatic carbocycles. The molecule has 0 saturated carbocycles. The normalized spacial score (nSPS) is 10.4. The molecule has 0 N–H and O–H groups in total. The van der Waals surface area contributed by atoms with Gasteiger partial charge in [0.15, 0.2) is 0 Å². The van der Waals surface area contributed by atoms with Gasteiger partial charge in [-0.25, -0.2) is 0 Å². The lowest BCUT2D eigenvalue weighted by Crippen LogP contribution is -2.28. The maximum absolute atomic E-state index is 12.5. The maximum Gasteiger partial charge on any atom is 0.254 e. The summed E-state index contributed by atoms with van der Waals surface area (Å²) in [6.45, 7) is 2.76. The quantitative estimate of drug-likeness (QED) is 0.783. The summed E-state index contributed by atoms with van der Waals surface area (Å²) in [6.07, 6.45) is 1.96. The molecule has 0 atom stereocenters. The number of halogens is 1. The van der Waals surface area contributed by atoms with Crippen molar-refractivity contribution in [3.63, 3.8) is 0 Å². The predicted octanol–water partition coefficient (Wildman–Crippen LogP) is 4.46. The van der Waals surface area contributed by atoms with Gasteiger partial charge >= 0.3 is 0 Å². The average molecular weight is 346 g/mol. The summed E-state index contributed by atoms with van der Waals surface area (Å²) >= 11 is 3.46. The van der Waals surface area contributed by atoms with Gasteiger partial charge in [-0.2, -0.15) is 0 Å². The monoisotopic (exact) mass is 345 g/mol. The smallest absolute Gasteiger partial charge is 0.254 e. The van der Waals surface area contributed by atoms with Crippen molar-refractivity contribution in [1.29, 1.82) is 0 Å². The first-order chi connectivity index (χ1) is 10.1. The third-order valence-corrected chi connectivity index (χ3v) is 4.19. The first-order valence-electron chi connectivity index (χ1n) is 7.13. The van der Waals surface area contributed by atoms with Gasteiger partial charge in [0.25, 0.3) is 5.91 Å². The number of hydrogen-bond acceptors (Lipinski definition) is 1. The molecule has 2 aromatic rings. The standard InChI is InChI=1S/C18H20BrNO/c1-14-10-11-17(19)16(13-14)18(21)20(2)12-6-9-15-7-4-3-5-8-15/h3-5,7-8,10-11,13H,6,9,12H2,1-2H3. The van der Waals surface area contributed by atoms with E-state index in [1.807, 2.05) is 50.4 Å². The van der Waals surface area contributed by atoms with Crippen LogP contribution in [0.2, 0.25) is 0 Å². The Balaban J connectivity index is 1.92. The first-order valence-corrected chi connectivity index (χ1v) is 7.93. The van der Waals surface area contributed by atoms with Crippen LogP contribution in [0.15, 0.2) is 53.0 Å². The fourth-order valence-electron chi connectivity index (χ4n) is 2.28. The number of aryl methyl sites for hydroxylation is 2. The van der Waals surface area contributed by atoms with Crippen molar-refractivity contribution < 1.29 is 4.79 Å². The van der Waals surface area contributed by atoms with E-state index < -0.39 is 0 Å². The number of nitrogens with zero attached hydrogens (tertiary/aromatic N) is 1. The Morgan fingerprint density at radius 2 is 1.86 bits per heavy atom. The molecular weight excluding hydrogens is 326 g/mol. The minimum absolute atomic E-state index is 0.0682. The van der Waals surface area contributed by atoms with Crippen LogP contribution in [-0.4, -0.2) is 24.4 Å². The number of benzene rings is 2. The Morgan fingerprint density at radius 3 is 2.57 bits per heavy atom. The average Bonchev–Trinajstić information content (AvgIpc) is 2.50. The van der Waals surface area contributed by atoms with Crippen LogP contribution in [0.1, 0.15) is 27.9 Å². The molecule has 0 aromatic heterocycles. The fraction of sp³-hybridized carbons (Fsp3) is 0.278. The van der Waals surface area contributed by atoms with Gasteiger partial charge in [-0.1, -0.05) is 42.0 Å². The Morgan fingerprint density at radius 1 is 1.14 bits per heavy atom. The number of rotatable bonds is 5. The van der Waals surface area contributed by atoms with Crippen molar-refractivity contribution in [2.45, 2.75) is 19.8 Å². The predicted molar refractivity (Wildman–Crippen MR) is 90.6 cm³/mol. The van der Waals surface area contributed by atoms with Gasteiger partial charge in [-0.15, -0.1) is 0 Å². The molecule has 110 valence electrons. The van der Waals surface area contributed by atoms with E-state index in [4.69, 9.17) is 0 Å². The Labute approximate surface area is 134 Å². The second-order valence-electron chi connectivity index (χ2n) is 5.30. The van der Waals surface area contributed by atoms with E-state index in [0.29, 0.717) is 0 Å². The topological polar surface area (TPSA) is 20.3 Å². The molecule has 0 radical (unpaired) electrons. The van der Waals surface area contributed by atoms with Crippen molar-refractivity contribution in [2.24, 2.45) is 0 Å². The van der Waals surface area contributed by atoms with Crippen LogP contribution < -0.4 is 0 Å². The van der Waals surface area contributed by atoms with Gasteiger partial charge in [0.05, 0.1) is 5.56 Å². The lowest BCUT2D eigenvalue weighted by molar-refractivity contribution is 0.0792. The van der Waals surface area contributed by atoms with Crippen LogP contribution >= 0.6 is 15.9 Å². The number of hydrogen-bond donors (Lipinski definition) is 0. The minimum atomic E-state index is 0.0682. The molecular formula is C18H20BrNO. The molecule has 0 fully saturated rings. The van der Waals surface area contributed by atoms with E-state index in [0.717, 1.165) is 35.0 Å². The van der Waals surface area contributed by atoms with E-state index in [1.165, 1.54) is 5.56 Å². The highest BCUT2D eigenvalue weighted by Crippen LogP contribution is 2.19. The van der Waals surface area contributed by atoms with E-state index in [-0.39, 0.29) is 5.91 Å². The van der Waals surface area contributed by atoms with Gasteiger partial charge in [-0.3, -0.25) is 4.79 Å². The van der Waals surface area contributed by atoms with Crippen LogP contribution in [0.4, 0.5) is 0 Å². The van der Waals surface area contributed by atoms with E-state index in [2.05, 4.69) is 28.1 Å². The van der Waals surface area contributed by atoms with Crippen molar-refractivity contribution in [2.75, 3.05) is 13.6 Å². The van der Waals surface area contributed by atoms with E-state index in [9.17, 15) is 4.79 Å². The summed E-state index contributed by atoms with van der Waals surface area (Å²) in [5.41, 5.74) is 3.14. The largest absolute Gasteiger partial charge is 0.342 e. The highest BCUT2D eigenvalue weighted by atomic mass is 79.9. The van der Waals surface area contributed by atoms with Gasteiger partial charge in [0.2, 0.25) is 0 Å². The van der Waals surface area contributed by atoms with Gasteiger partial charge < -0.3 is 4.90 Å². The molecule has 2 nitrogen and oxygen atoms in total. The zero-order valence-corrected chi connectivity index (χ0v) is 14.1. The lowest BCUT2D eigenvalue weighted by atomic mass is 10.1. The zero-order valence-electron chi connectivity index (χ0n) is 12.5. The fourth-order valence-corrected chi connectivity index (χ4v) is 2.69. The third kappa shape index (κ3) is 4.43. The molecule has 0 aliphatic heterocycles. The SMILES string of the molecule is Cc1ccc(Br)c(C(=O)N(C)CCCc2ccccc2)c1. The highest BCUT2D eigenvalue weighted by Gasteiger charge is 2.14. The Bertz CT molecular complexity index is 610. The molecule has 0 saturated heterocycles. The van der Waals surface area contributed by atoms with Gasteiger partial charge in [0, 0.05) is 18.1 Å². The number of carbonyl (C=O) groups is 1. The molecule has 0 spiro atoms. The summed E-state index contributed by atoms with van der Waals surface area (Å²) in [7, 11) is 1.86. The van der Waals surface area contributed by atoms with Gasteiger partial charge in [0.1, 0.15) is 0 Å². The van der Waals surface area contributed by atoms with Crippen LogP contribution in [0.25, 0.3) is 0 Å². The molecule has 0 bridgehead atoms. The Hall–Kier alpha value is -1.61. The third-order valence-electron chi connectivity index (χ3n) is 3.50. The second-order valence-corrected chi connectivity index (χ2v) is 6.15. The maximum atomic E-state index is 12.5. The molecule has 0 unspecified atom stereocenters. The summed E-state index contributed by atoms with van der Waals surface area (Å²) in [5.74, 6) is 0.0682. The summed E-state index contributed by atoms with van der Waals surface area (Å²) < 4.78 is 0.855. The lowest BCUT2D eigenvalue weighted by Gasteiger charge is -2.18. The molecule has 0 heterocycles. The minimum Gasteiger partial charge on any atom is -0.342 e. The molecule has 21 heavy (non-hydrogen) atoms. The molecule has 3 heteroatoms. The van der Waals surface area contributed by atoms with Crippen molar-refractivity contribution >= 4 is 21.8 Å². The second kappa shape index (κ2) is 7.41. The van der Waals surface area contributed by atoms with E-state index in [1.54, 1.807) is 4.90 Å². The summed E-state index contributed by atoms with van der Waals surface area (Å²) in [4.78, 5) is 14.3. The first kappa shape index (κ1) is 15.8. The molecule has 1 amide bonds. The number of carbonyl (C=O) groups excluding carboxylic acids is 1. The summed E-state index contributed by atoms with van der Waals surface area (Å²) in [5, 5.41) is 0. The highest BCUT2D eigenvalue weighted by molar-refractivity contribution is 9.10. The molecule has 0 aliphatic carbocycles. The Kier molecular flexibility index (Phi) is 5.57. The van der Waals surface area contributed by atoms with Crippen LogP contribution in [0.3, 0.4) is 0 Å². The number of amides is 1. The van der Waals surface area contributed by atoms with Crippen LogP contribution in [0, 0.1) is 6.92 Å². The van der Waals surface area contributed by atoms with Crippen LogP contribution in [0.5, 0.6) is 0 Å². The van der Waals surface area contributed by atoms with Crippen molar-refractivity contribution in [3.05, 3.63) is 69.7 Å². The van der Waals surface area contributed by atoms with Crippen molar-refractivity contribution in [1.82, 2.24) is 4.90 Å². The van der Waals surface area contributed by atoms with Crippen LogP contribution in [-0.2, 0) is 6.42 Å².